The monoisotopic (exact) mass is 420 g/mol. The highest BCUT2D eigenvalue weighted by molar-refractivity contribution is 5.81. The number of ether oxygens (including phenoxy) is 1. The molecule has 1 aromatic rings. The molecule has 13 heteroatoms. The van der Waals surface area contributed by atoms with Gasteiger partial charge in [0, 0.05) is 25.4 Å². The van der Waals surface area contributed by atoms with Gasteiger partial charge in [-0.15, -0.1) is 0 Å². The molecule has 1 aliphatic rings. The van der Waals surface area contributed by atoms with Crippen molar-refractivity contribution in [2.75, 3.05) is 24.5 Å². The van der Waals surface area contributed by atoms with E-state index >= 15 is 0 Å². The number of carbonyl (C=O) groups excluding carboxylic acids is 1. The summed E-state index contributed by atoms with van der Waals surface area (Å²) in [4.78, 5) is 39.8. The Morgan fingerprint density at radius 3 is 2.41 bits per heavy atom. The van der Waals surface area contributed by atoms with Gasteiger partial charge in [-0.3, -0.25) is 10.1 Å². The van der Waals surface area contributed by atoms with Crippen molar-refractivity contribution < 1.29 is 37.5 Å². The molecular formula is C16H19F3N4O6. The summed E-state index contributed by atoms with van der Waals surface area (Å²) in [5, 5.41) is 20.8. The van der Waals surface area contributed by atoms with Gasteiger partial charge in [0.15, 0.2) is 0 Å². The number of aromatic nitrogens is 1. The number of alkyl halides is 3. The van der Waals surface area contributed by atoms with Gasteiger partial charge in [0.25, 0.3) is 0 Å². The highest BCUT2D eigenvalue weighted by Gasteiger charge is 2.41. The topological polar surface area (TPSA) is 126 Å². The van der Waals surface area contributed by atoms with E-state index < -0.39 is 51.9 Å². The van der Waals surface area contributed by atoms with Gasteiger partial charge in [-0.2, -0.15) is 13.2 Å². The highest BCUT2D eigenvalue weighted by atomic mass is 19.4. The van der Waals surface area contributed by atoms with Gasteiger partial charge in [0.05, 0.1) is 17.0 Å². The molecule has 160 valence electrons. The van der Waals surface area contributed by atoms with Gasteiger partial charge >= 0.3 is 23.9 Å². The van der Waals surface area contributed by atoms with Crippen LogP contribution >= 0.6 is 0 Å². The second-order valence-electron chi connectivity index (χ2n) is 7.30. The molecule has 0 aromatic carbocycles. The van der Waals surface area contributed by atoms with Crippen LogP contribution in [0.25, 0.3) is 0 Å². The minimum Gasteiger partial charge on any atom is -0.480 e. The van der Waals surface area contributed by atoms with Gasteiger partial charge in [-0.25, -0.2) is 14.6 Å². The summed E-state index contributed by atoms with van der Waals surface area (Å²) in [6.07, 6.45) is -5.21. The lowest BCUT2D eigenvalue weighted by Gasteiger charge is -2.39. The van der Waals surface area contributed by atoms with E-state index in [-0.39, 0.29) is 19.6 Å². The number of carboxylic acids is 1. The van der Waals surface area contributed by atoms with E-state index in [4.69, 9.17) is 4.74 Å². The third-order valence-corrected chi connectivity index (χ3v) is 3.96. The first-order chi connectivity index (χ1) is 13.2. The SMILES string of the molecule is CC(C)(C)OC(=O)N1CCN(c2ncc(C(F)(F)F)cc2[N+](=O)[O-])[C@H](C(=O)O)C1. The molecule has 1 saturated heterocycles. The second-order valence-corrected chi connectivity index (χ2v) is 7.30. The molecule has 1 aliphatic heterocycles. The van der Waals surface area contributed by atoms with E-state index in [1.165, 1.54) is 0 Å². The van der Waals surface area contributed by atoms with Gasteiger partial charge in [0.1, 0.15) is 11.6 Å². The lowest BCUT2D eigenvalue weighted by molar-refractivity contribution is -0.384. The zero-order valence-electron chi connectivity index (χ0n) is 15.8. The number of piperazine rings is 1. The largest absolute Gasteiger partial charge is 0.480 e. The number of anilines is 1. The molecule has 1 atom stereocenters. The Morgan fingerprint density at radius 2 is 1.93 bits per heavy atom. The Kier molecular flexibility index (Phi) is 5.90. The lowest BCUT2D eigenvalue weighted by Crippen LogP contribution is -2.58. The number of carbonyl (C=O) groups is 2. The summed E-state index contributed by atoms with van der Waals surface area (Å²) in [6.45, 7) is 4.25. The number of pyridine rings is 1. The Hall–Kier alpha value is -3.12. The van der Waals surface area contributed by atoms with Crippen molar-refractivity contribution in [3.63, 3.8) is 0 Å². The van der Waals surface area contributed by atoms with Crippen LogP contribution < -0.4 is 4.90 Å². The first kappa shape index (κ1) is 22.2. The first-order valence-electron chi connectivity index (χ1n) is 8.39. The molecular weight excluding hydrogens is 401 g/mol. The van der Waals surface area contributed by atoms with Gasteiger partial charge in [-0.1, -0.05) is 0 Å². The Labute approximate surface area is 163 Å². The van der Waals surface area contributed by atoms with E-state index in [1.807, 2.05) is 0 Å². The number of hydrogen-bond donors (Lipinski definition) is 1. The number of hydrogen-bond acceptors (Lipinski definition) is 7. The normalized spacial score (nSPS) is 17.8. The summed E-state index contributed by atoms with van der Waals surface area (Å²) in [5.41, 5.74) is -3.12. The van der Waals surface area contributed by atoms with Crippen molar-refractivity contribution in [2.45, 2.75) is 38.6 Å². The van der Waals surface area contributed by atoms with E-state index in [0.717, 1.165) is 9.80 Å². The fraction of sp³-hybridized carbons (Fsp3) is 0.562. The summed E-state index contributed by atoms with van der Waals surface area (Å²) < 4.78 is 43.8. The number of aliphatic carboxylic acids is 1. The molecule has 0 unspecified atom stereocenters. The summed E-state index contributed by atoms with van der Waals surface area (Å²) >= 11 is 0. The van der Waals surface area contributed by atoms with Crippen molar-refractivity contribution in [1.29, 1.82) is 0 Å². The Balaban J connectivity index is 2.36. The average Bonchev–Trinajstić information content (AvgIpc) is 2.58. The van der Waals surface area contributed by atoms with Crippen molar-refractivity contribution in [1.82, 2.24) is 9.88 Å². The number of nitro groups is 1. The molecule has 2 rings (SSSR count). The highest BCUT2D eigenvalue weighted by Crippen LogP contribution is 2.36. The Morgan fingerprint density at radius 1 is 1.31 bits per heavy atom. The van der Waals surface area contributed by atoms with Gasteiger partial charge in [-0.05, 0) is 20.8 Å². The van der Waals surface area contributed by atoms with Crippen molar-refractivity contribution in [3.05, 3.63) is 27.9 Å². The molecule has 1 amide bonds. The molecule has 0 bridgehead atoms. The number of rotatable bonds is 3. The van der Waals surface area contributed by atoms with Crippen LogP contribution in [0.3, 0.4) is 0 Å². The fourth-order valence-corrected chi connectivity index (χ4v) is 2.70. The van der Waals surface area contributed by atoms with E-state index in [2.05, 4.69) is 4.98 Å². The molecule has 1 fully saturated rings. The minimum absolute atomic E-state index is 0.0570. The average molecular weight is 420 g/mol. The first-order valence-corrected chi connectivity index (χ1v) is 8.39. The zero-order chi connectivity index (χ0) is 22.1. The van der Waals surface area contributed by atoms with E-state index in [0.29, 0.717) is 12.3 Å². The van der Waals surface area contributed by atoms with Crippen LogP contribution in [0.15, 0.2) is 12.3 Å². The molecule has 0 aliphatic carbocycles. The van der Waals surface area contributed by atoms with Crippen LogP contribution in [0.1, 0.15) is 26.3 Å². The molecule has 1 N–H and O–H groups in total. The van der Waals surface area contributed by atoms with Crippen molar-refractivity contribution in [3.8, 4) is 0 Å². The lowest BCUT2D eigenvalue weighted by atomic mass is 10.1. The smallest absolute Gasteiger partial charge is 0.418 e. The molecule has 1 aromatic heterocycles. The summed E-state index contributed by atoms with van der Waals surface area (Å²) in [5.74, 6) is -1.94. The molecule has 0 saturated carbocycles. The maximum absolute atomic E-state index is 12.9. The standard InChI is InChI=1S/C16H19F3N4O6/c1-15(2,3)29-14(26)21-4-5-22(11(8-21)13(24)25)12-10(23(27)28)6-9(7-20-12)16(17,18)19/h6-7,11H,4-5,8H2,1-3H3,(H,24,25)/t11-/m0/s1. The maximum Gasteiger partial charge on any atom is 0.418 e. The molecule has 0 spiro atoms. The fourth-order valence-electron chi connectivity index (χ4n) is 2.70. The predicted octanol–water partition coefficient (Wildman–Crippen LogP) is 2.52. The quantitative estimate of drug-likeness (QED) is 0.584. The van der Waals surface area contributed by atoms with Gasteiger partial charge < -0.3 is 19.6 Å². The van der Waals surface area contributed by atoms with Crippen LogP contribution in [-0.2, 0) is 15.7 Å². The summed E-state index contributed by atoms with van der Waals surface area (Å²) in [7, 11) is 0. The van der Waals surface area contributed by atoms with E-state index in [9.17, 15) is 38.0 Å². The number of carboxylic acid groups (broad SMARTS) is 1. The third kappa shape index (κ3) is 5.23. The minimum atomic E-state index is -4.85. The number of amides is 1. The molecule has 10 nitrogen and oxygen atoms in total. The van der Waals surface area contributed by atoms with Crippen LogP contribution in [0.2, 0.25) is 0 Å². The van der Waals surface area contributed by atoms with Crippen LogP contribution in [-0.4, -0.2) is 63.3 Å². The molecule has 2 heterocycles. The molecule has 29 heavy (non-hydrogen) atoms. The molecule has 0 radical (unpaired) electrons. The zero-order valence-corrected chi connectivity index (χ0v) is 15.8. The predicted molar refractivity (Wildman–Crippen MR) is 92.5 cm³/mol. The number of halogens is 3. The van der Waals surface area contributed by atoms with Crippen LogP contribution in [0, 0.1) is 10.1 Å². The van der Waals surface area contributed by atoms with Crippen LogP contribution in [0.4, 0.5) is 29.5 Å². The Bertz CT molecular complexity index is 824. The maximum atomic E-state index is 12.9. The number of nitrogens with zero attached hydrogens (tertiary/aromatic N) is 4. The second kappa shape index (κ2) is 7.72. The van der Waals surface area contributed by atoms with E-state index in [1.54, 1.807) is 20.8 Å². The van der Waals surface area contributed by atoms with Crippen molar-refractivity contribution in [2.24, 2.45) is 0 Å². The van der Waals surface area contributed by atoms with Gasteiger partial charge in [0.2, 0.25) is 5.82 Å². The summed E-state index contributed by atoms with van der Waals surface area (Å²) in [6, 6.07) is -1.15. The van der Waals surface area contributed by atoms with Crippen molar-refractivity contribution >= 4 is 23.6 Å². The third-order valence-electron chi connectivity index (χ3n) is 3.96. The van der Waals surface area contributed by atoms with Crippen LogP contribution in [0.5, 0.6) is 0 Å².